The van der Waals surface area contributed by atoms with Crippen molar-refractivity contribution < 1.29 is 14.0 Å². The van der Waals surface area contributed by atoms with E-state index in [0.29, 0.717) is 17.8 Å². The molecule has 2 amide bonds. The van der Waals surface area contributed by atoms with Crippen molar-refractivity contribution in [2.45, 2.75) is 0 Å². The molecule has 0 aliphatic heterocycles. The Morgan fingerprint density at radius 2 is 1.75 bits per heavy atom. The second kappa shape index (κ2) is 6.16. The maximum absolute atomic E-state index is 12.8. The zero-order valence-electron chi connectivity index (χ0n) is 10.2. The molecule has 0 radical (unpaired) electrons. The number of hydrogen-bond acceptors (Lipinski definition) is 2. The molecule has 0 aromatic heterocycles. The molecule has 0 atom stereocenters. The summed E-state index contributed by atoms with van der Waals surface area (Å²) in [5.74, 6) is -0.839. The minimum Gasteiger partial charge on any atom is -0.329 e. The monoisotopic (exact) mass is 292 g/mol. The van der Waals surface area contributed by atoms with E-state index in [1.54, 1.807) is 6.07 Å². The molecular weight excluding hydrogens is 283 g/mol. The molecule has 0 fully saturated rings. The second-order valence-corrected chi connectivity index (χ2v) is 4.33. The number of hydrogen-bond donors (Lipinski definition) is 2. The Morgan fingerprint density at radius 3 is 2.40 bits per heavy atom. The van der Waals surface area contributed by atoms with Gasteiger partial charge in [-0.2, -0.15) is 0 Å². The summed E-state index contributed by atoms with van der Waals surface area (Å²) >= 11 is 5.95. The summed E-state index contributed by atoms with van der Waals surface area (Å²) in [6.07, 6.45) is 0.505. The van der Waals surface area contributed by atoms with Crippen molar-refractivity contribution in [2.75, 3.05) is 10.6 Å². The number of halogens is 2. The van der Waals surface area contributed by atoms with Crippen LogP contribution in [0, 0.1) is 5.82 Å². The molecule has 102 valence electrons. The van der Waals surface area contributed by atoms with Crippen LogP contribution in [0.4, 0.5) is 15.8 Å². The molecule has 2 rings (SSSR count). The fourth-order valence-electron chi connectivity index (χ4n) is 1.59. The predicted molar refractivity (Wildman–Crippen MR) is 75.5 cm³/mol. The average molecular weight is 293 g/mol. The standard InChI is InChI=1S/C14H10ClFN2O2/c15-13-6-5-11(17-8-19)7-12(13)14(20)18-10-3-1-9(16)2-4-10/h1-8H,(H,17,19)(H,18,20). The molecule has 4 nitrogen and oxygen atoms in total. The number of benzene rings is 2. The first-order valence-electron chi connectivity index (χ1n) is 5.67. The zero-order chi connectivity index (χ0) is 14.5. The van der Waals surface area contributed by atoms with Gasteiger partial charge < -0.3 is 10.6 Å². The van der Waals surface area contributed by atoms with Crippen LogP contribution in [0.1, 0.15) is 10.4 Å². The highest BCUT2D eigenvalue weighted by atomic mass is 35.5. The largest absolute Gasteiger partial charge is 0.329 e. The third kappa shape index (κ3) is 3.33. The van der Waals surface area contributed by atoms with Gasteiger partial charge in [0.05, 0.1) is 10.6 Å². The van der Waals surface area contributed by atoms with E-state index < -0.39 is 11.7 Å². The molecule has 2 aromatic rings. The predicted octanol–water partition coefficient (Wildman–Crippen LogP) is 3.30. The third-order valence-corrected chi connectivity index (χ3v) is 2.87. The summed E-state index contributed by atoms with van der Waals surface area (Å²) < 4.78 is 12.8. The number of carbonyl (C=O) groups excluding carboxylic acids is 2. The van der Waals surface area contributed by atoms with Gasteiger partial charge in [-0.05, 0) is 42.5 Å². The molecule has 0 saturated heterocycles. The van der Waals surface area contributed by atoms with Crippen LogP contribution in [0.2, 0.25) is 5.02 Å². The summed E-state index contributed by atoms with van der Waals surface area (Å²) in [7, 11) is 0. The van der Waals surface area contributed by atoms with Gasteiger partial charge in [0.2, 0.25) is 6.41 Å². The van der Waals surface area contributed by atoms with Gasteiger partial charge in [0.1, 0.15) is 5.82 Å². The molecule has 2 N–H and O–H groups in total. The van der Waals surface area contributed by atoms with E-state index in [1.165, 1.54) is 36.4 Å². The highest BCUT2D eigenvalue weighted by molar-refractivity contribution is 6.34. The van der Waals surface area contributed by atoms with Crippen molar-refractivity contribution in [2.24, 2.45) is 0 Å². The molecule has 20 heavy (non-hydrogen) atoms. The number of amides is 2. The Labute approximate surface area is 119 Å². The van der Waals surface area contributed by atoms with Crippen molar-refractivity contribution in [3.63, 3.8) is 0 Å². The van der Waals surface area contributed by atoms with Crippen LogP contribution >= 0.6 is 11.6 Å². The first-order valence-corrected chi connectivity index (χ1v) is 6.04. The van der Waals surface area contributed by atoms with Crippen LogP contribution in [0.25, 0.3) is 0 Å². The van der Waals surface area contributed by atoms with Crippen LogP contribution in [0.3, 0.4) is 0 Å². The highest BCUT2D eigenvalue weighted by Gasteiger charge is 2.11. The maximum atomic E-state index is 12.8. The van der Waals surface area contributed by atoms with Gasteiger partial charge in [0, 0.05) is 11.4 Å². The SMILES string of the molecule is O=CNc1ccc(Cl)c(C(=O)Nc2ccc(F)cc2)c1. The van der Waals surface area contributed by atoms with E-state index in [-0.39, 0.29) is 10.6 Å². The van der Waals surface area contributed by atoms with E-state index in [9.17, 15) is 14.0 Å². The Hall–Kier alpha value is -2.40. The van der Waals surface area contributed by atoms with Crippen molar-refractivity contribution in [3.05, 3.63) is 58.9 Å². The minimum absolute atomic E-state index is 0.211. The van der Waals surface area contributed by atoms with Crippen LogP contribution < -0.4 is 10.6 Å². The molecule has 6 heteroatoms. The highest BCUT2D eigenvalue weighted by Crippen LogP contribution is 2.21. The van der Waals surface area contributed by atoms with Crippen LogP contribution in [-0.4, -0.2) is 12.3 Å². The summed E-state index contributed by atoms with van der Waals surface area (Å²) in [5.41, 5.74) is 1.11. The fraction of sp³-hybridized carbons (Fsp3) is 0. The van der Waals surface area contributed by atoms with Crippen molar-refractivity contribution in [1.82, 2.24) is 0 Å². The molecule has 0 aliphatic rings. The topological polar surface area (TPSA) is 58.2 Å². The molecule has 0 spiro atoms. The van der Waals surface area contributed by atoms with Crippen LogP contribution in [0.5, 0.6) is 0 Å². The van der Waals surface area contributed by atoms with E-state index in [0.717, 1.165) is 0 Å². The zero-order valence-corrected chi connectivity index (χ0v) is 10.9. The molecular formula is C14H10ClFN2O2. The first-order chi connectivity index (χ1) is 9.60. The average Bonchev–Trinajstić information content (AvgIpc) is 2.43. The molecule has 0 aliphatic carbocycles. The van der Waals surface area contributed by atoms with E-state index in [1.807, 2.05) is 0 Å². The van der Waals surface area contributed by atoms with Gasteiger partial charge in [0.25, 0.3) is 5.91 Å². The molecule has 0 heterocycles. The summed E-state index contributed by atoms with van der Waals surface area (Å²) in [6.45, 7) is 0. The smallest absolute Gasteiger partial charge is 0.257 e. The Balaban J connectivity index is 2.21. The van der Waals surface area contributed by atoms with Gasteiger partial charge in [0.15, 0.2) is 0 Å². The number of rotatable bonds is 4. The Morgan fingerprint density at radius 1 is 1.10 bits per heavy atom. The van der Waals surface area contributed by atoms with Crippen molar-refractivity contribution >= 4 is 35.3 Å². The molecule has 0 unspecified atom stereocenters. The lowest BCUT2D eigenvalue weighted by atomic mass is 10.1. The van der Waals surface area contributed by atoms with E-state index >= 15 is 0 Å². The van der Waals surface area contributed by atoms with Gasteiger partial charge in [-0.25, -0.2) is 4.39 Å². The Bertz CT molecular complexity index is 644. The lowest BCUT2D eigenvalue weighted by molar-refractivity contribution is -0.105. The van der Waals surface area contributed by atoms with Crippen LogP contribution in [-0.2, 0) is 4.79 Å². The van der Waals surface area contributed by atoms with Crippen molar-refractivity contribution in [1.29, 1.82) is 0 Å². The summed E-state index contributed by atoms with van der Waals surface area (Å²) in [4.78, 5) is 22.5. The number of carbonyl (C=O) groups is 2. The van der Waals surface area contributed by atoms with Gasteiger partial charge in [-0.3, -0.25) is 9.59 Å². The summed E-state index contributed by atoms with van der Waals surface area (Å²) in [5, 5.41) is 5.27. The van der Waals surface area contributed by atoms with E-state index in [2.05, 4.69) is 10.6 Å². The van der Waals surface area contributed by atoms with Gasteiger partial charge in [-0.15, -0.1) is 0 Å². The molecule has 0 bridgehead atoms. The Kier molecular flexibility index (Phi) is 4.32. The number of anilines is 2. The van der Waals surface area contributed by atoms with Gasteiger partial charge in [-0.1, -0.05) is 11.6 Å². The van der Waals surface area contributed by atoms with Crippen molar-refractivity contribution in [3.8, 4) is 0 Å². The fourth-order valence-corrected chi connectivity index (χ4v) is 1.79. The second-order valence-electron chi connectivity index (χ2n) is 3.92. The summed E-state index contributed by atoms with van der Waals surface area (Å²) in [6, 6.07) is 9.89. The molecule has 0 saturated carbocycles. The normalized spacial score (nSPS) is 9.90. The van der Waals surface area contributed by atoms with Crippen LogP contribution in [0.15, 0.2) is 42.5 Å². The maximum Gasteiger partial charge on any atom is 0.257 e. The number of nitrogens with one attached hydrogen (secondary N) is 2. The molecule has 2 aromatic carbocycles. The minimum atomic E-state index is -0.448. The lowest BCUT2D eigenvalue weighted by Crippen LogP contribution is -2.13. The lowest BCUT2D eigenvalue weighted by Gasteiger charge is -2.08. The third-order valence-electron chi connectivity index (χ3n) is 2.54. The quantitative estimate of drug-likeness (QED) is 0.850. The first kappa shape index (κ1) is 14.0. The van der Waals surface area contributed by atoms with E-state index in [4.69, 9.17) is 11.6 Å². The van der Waals surface area contributed by atoms with Gasteiger partial charge >= 0.3 is 0 Å².